The van der Waals surface area contributed by atoms with E-state index >= 15 is 0 Å². The van der Waals surface area contributed by atoms with Gasteiger partial charge in [0.2, 0.25) is 0 Å². The summed E-state index contributed by atoms with van der Waals surface area (Å²) in [6, 6.07) is 0. The van der Waals surface area contributed by atoms with Crippen molar-refractivity contribution in [3.05, 3.63) is 0 Å². The monoisotopic (exact) mass is 231 g/mol. The standard InChI is InChI=1S/C11H21NO2S/c1-3-15-6-4-5-12-7-9(2)10(8-12)11(13)14/h9-10H,3-8H2,1-2H3,(H,13,14)/t9-,10-/m1/s1. The molecule has 0 unspecified atom stereocenters. The van der Waals surface area contributed by atoms with Crippen molar-refractivity contribution in [3.63, 3.8) is 0 Å². The normalized spacial score (nSPS) is 27.1. The number of likely N-dealkylation sites (tertiary alicyclic amines) is 1. The average molecular weight is 231 g/mol. The number of carboxylic acids is 1. The Hall–Kier alpha value is -0.220. The number of rotatable bonds is 6. The Balaban J connectivity index is 2.20. The fourth-order valence-corrected chi connectivity index (χ4v) is 2.73. The Kier molecular flexibility index (Phi) is 5.47. The van der Waals surface area contributed by atoms with Crippen LogP contribution in [0.4, 0.5) is 0 Å². The smallest absolute Gasteiger partial charge is 0.308 e. The third-order valence-electron chi connectivity index (χ3n) is 2.97. The number of nitrogens with zero attached hydrogens (tertiary/aromatic N) is 1. The molecule has 15 heavy (non-hydrogen) atoms. The first-order valence-corrected chi connectivity index (χ1v) is 6.83. The zero-order valence-corrected chi connectivity index (χ0v) is 10.4. The van der Waals surface area contributed by atoms with E-state index in [0.29, 0.717) is 5.92 Å². The van der Waals surface area contributed by atoms with Crippen LogP contribution >= 0.6 is 11.8 Å². The maximum absolute atomic E-state index is 10.9. The summed E-state index contributed by atoms with van der Waals surface area (Å²) < 4.78 is 0. The number of hydrogen-bond donors (Lipinski definition) is 1. The molecule has 1 saturated heterocycles. The van der Waals surface area contributed by atoms with E-state index in [1.165, 1.54) is 17.9 Å². The number of carboxylic acid groups (broad SMARTS) is 1. The number of thioether (sulfide) groups is 1. The lowest BCUT2D eigenvalue weighted by molar-refractivity contribution is -0.142. The molecule has 0 aromatic heterocycles. The van der Waals surface area contributed by atoms with E-state index in [1.54, 1.807) is 0 Å². The molecule has 2 atom stereocenters. The average Bonchev–Trinajstić information content (AvgIpc) is 2.55. The van der Waals surface area contributed by atoms with Gasteiger partial charge in [-0.3, -0.25) is 4.79 Å². The minimum absolute atomic E-state index is 0.149. The highest BCUT2D eigenvalue weighted by atomic mass is 32.2. The zero-order valence-electron chi connectivity index (χ0n) is 9.61. The van der Waals surface area contributed by atoms with Gasteiger partial charge in [0.25, 0.3) is 0 Å². The Labute approximate surface area is 96.2 Å². The van der Waals surface area contributed by atoms with E-state index in [-0.39, 0.29) is 5.92 Å². The number of aliphatic carboxylic acids is 1. The van der Waals surface area contributed by atoms with Gasteiger partial charge in [-0.15, -0.1) is 0 Å². The van der Waals surface area contributed by atoms with Gasteiger partial charge < -0.3 is 10.0 Å². The highest BCUT2D eigenvalue weighted by Crippen LogP contribution is 2.23. The molecular weight excluding hydrogens is 210 g/mol. The van der Waals surface area contributed by atoms with E-state index in [4.69, 9.17) is 5.11 Å². The lowest BCUT2D eigenvalue weighted by Gasteiger charge is -2.14. The van der Waals surface area contributed by atoms with Crippen molar-refractivity contribution in [2.75, 3.05) is 31.1 Å². The third-order valence-corrected chi connectivity index (χ3v) is 3.96. The lowest BCUT2D eigenvalue weighted by Crippen LogP contribution is -2.24. The van der Waals surface area contributed by atoms with E-state index in [9.17, 15) is 4.79 Å². The maximum Gasteiger partial charge on any atom is 0.308 e. The molecule has 0 aliphatic carbocycles. The van der Waals surface area contributed by atoms with Crippen LogP contribution in [0, 0.1) is 11.8 Å². The van der Waals surface area contributed by atoms with Gasteiger partial charge in [0.15, 0.2) is 0 Å². The minimum atomic E-state index is -0.632. The molecule has 0 spiro atoms. The molecule has 1 heterocycles. The van der Waals surface area contributed by atoms with Crippen LogP contribution in [-0.4, -0.2) is 47.1 Å². The van der Waals surface area contributed by atoms with Crippen LogP contribution in [0.25, 0.3) is 0 Å². The van der Waals surface area contributed by atoms with Crippen molar-refractivity contribution in [2.45, 2.75) is 20.3 Å². The predicted octanol–water partition coefficient (Wildman–Crippen LogP) is 1.78. The van der Waals surface area contributed by atoms with Gasteiger partial charge in [-0.25, -0.2) is 0 Å². The molecule has 3 nitrogen and oxygen atoms in total. The highest BCUT2D eigenvalue weighted by molar-refractivity contribution is 7.99. The van der Waals surface area contributed by atoms with E-state index in [0.717, 1.165) is 19.6 Å². The quantitative estimate of drug-likeness (QED) is 0.707. The first-order valence-electron chi connectivity index (χ1n) is 5.68. The van der Waals surface area contributed by atoms with Crippen molar-refractivity contribution in [3.8, 4) is 0 Å². The van der Waals surface area contributed by atoms with E-state index in [1.807, 2.05) is 18.7 Å². The second-order valence-corrected chi connectivity index (χ2v) is 5.63. The first kappa shape index (κ1) is 12.8. The van der Waals surface area contributed by atoms with Crippen LogP contribution in [0.5, 0.6) is 0 Å². The summed E-state index contributed by atoms with van der Waals surface area (Å²) in [6.45, 7) is 6.96. The van der Waals surface area contributed by atoms with Crippen molar-refractivity contribution in [1.82, 2.24) is 4.90 Å². The molecular formula is C11H21NO2S. The largest absolute Gasteiger partial charge is 0.481 e. The zero-order chi connectivity index (χ0) is 11.3. The second-order valence-electron chi connectivity index (χ2n) is 4.23. The SMILES string of the molecule is CCSCCCN1C[C@@H](C)[C@H](C(=O)O)C1. The maximum atomic E-state index is 10.9. The molecule has 0 amide bonds. The summed E-state index contributed by atoms with van der Waals surface area (Å²) in [6.07, 6.45) is 1.18. The van der Waals surface area contributed by atoms with Gasteiger partial charge >= 0.3 is 5.97 Å². The van der Waals surface area contributed by atoms with Crippen LogP contribution in [0.1, 0.15) is 20.3 Å². The molecule has 1 N–H and O–H groups in total. The summed E-state index contributed by atoms with van der Waals surface area (Å²) >= 11 is 1.96. The minimum Gasteiger partial charge on any atom is -0.481 e. The van der Waals surface area contributed by atoms with Crippen LogP contribution in [-0.2, 0) is 4.79 Å². The van der Waals surface area contributed by atoms with Crippen molar-refractivity contribution >= 4 is 17.7 Å². The van der Waals surface area contributed by atoms with Gasteiger partial charge in [0.05, 0.1) is 5.92 Å². The van der Waals surface area contributed by atoms with Crippen LogP contribution in [0.2, 0.25) is 0 Å². The topological polar surface area (TPSA) is 40.5 Å². The fraction of sp³-hybridized carbons (Fsp3) is 0.909. The van der Waals surface area contributed by atoms with Crippen molar-refractivity contribution in [1.29, 1.82) is 0 Å². The first-order chi connectivity index (χ1) is 7.15. The molecule has 1 aliphatic heterocycles. The summed E-state index contributed by atoms with van der Waals surface area (Å²) in [5.74, 6) is 1.89. The van der Waals surface area contributed by atoms with Gasteiger partial charge in [0, 0.05) is 13.1 Å². The summed E-state index contributed by atoms with van der Waals surface area (Å²) in [5, 5.41) is 8.98. The van der Waals surface area contributed by atoms with Crippen molar-refractivity contribution < 1.29 is 9.90 Å². The van der Waals surface area contributed by atoms with Gasteiger partial charge in [-0.05, 0) is 30.4 Å². The molecule has 1 rings (SSSR count). The number of carbonyl (C=O) groups is 1. The lowest BCUT2D eigenvalue weighted by atomic mass is 9.99. The highest BCUT2D eigenvalue weighted by Gasteiger charge is 2.33. The Bertz CT molecular complexity index is 211. The Morgan fingerprint density at radius 2 is 2.27 bits per heavy atom. The summed E-state index contributed by atoms with van der Waals surface area (Å²) in [4.78, 5) is 13.2. The molecule has 4 heteroatoms. The van der Waals surface area contributed by atoms with Gasteiger partial charge in [-0.1, -0.05) is 13.8 Å². The molecule has 0 saturated carbocycles. The molecule has 1 aliphatic rings. The molecule has 0 radical (unpaired) electrons. The van der Waals surface area contributed by atoms with Gasteiger partial charge in [0.1, 0.15) is 0 Å². The fourth-order valence-electron chi connectivity index (χ4n) is 2.11. The van der Waals surface area contributed by atoms with E-state index < -0.39 is 5.97 Å². The Morgan fingerprint density at radius 1 is 1.53 bits per heavy atom. The van der Waals surface area contributed by atoms with E-state index in [2.05, 4.69) is 11.8 Å². The second kappa shape index (κ2) is 6.38. The predicted molar refractivity (Wildman–Crippen MR) is 64.3 cm³/mol. The van der Waals surface area contributed by atoms with Crippen LogP contribution in [0.3, 0.4) is 0 Å². The molecule has 0 aromatic carbocycles. The van der Waals surface area contributed by atoms with Crippen molar-refractivity contribution in [2.24, 2.45) is 11.8 Å². The molecule has 0 bridgehead atoms. The van der Waals surface area contributed by atoms with Crippen LogP contribution in [0.15, 0.2) is 0 Å². The third kappa shape index (κ3) is 4.03. The molecule has 0 aromatic rings. The summed E-state index contributed by atoms with van der Waals surface area (Å²) in [5.41, 5.74) is 0. The molecule has 88 valence electrons. The number of hydrogen-bond acceptors (Lipinski definition) is 3. The van der Waals surface area contributed by atoms with Crippen LogP contribution < -0.4 is 0 Å². The summed E-state index contributed by atoms with van der Waals surface area (Å²) in [7, 11) is 0. The molecule has 1 fully saturated rings. The van der Waals surface area contributed by atoms with Gasteiger partial charge in [-0.2, -0.15) is 11.8 Å². The Morgan fingerprint density at radius 3 is 2.80 bits per heavy atom.